The molecular weight excluding hydrogens is 652 g/mol. The molecule has 1 saturated carbocycles. The maximum absolute atomic E-state index is 16.8. The summed E-state index contributed by atoms with van der Waals surface area (Å²) in [5.41, 5.74) is 0.853. The molecule has 0 radical (unpaired) electrons. The molecule has 3 aromatic rings. The number of benzene rings is 1. The van der Waals surface area contributed by atoms with Crippen molar-refractivity contribution in [2.45, 2.75) is 74.7 Å². The number of halogens is 3. The lowest BCUT2D eigenvalue weighted by Crippen LogP contribution is -2.43. The van der Waals surface area contributed by atoms with Crippen molar-refractivity contribution in [3.63, 3.8) is 0 Å². The number of hydrogen-bond donors (Lipinski definition) is 1. The van der Waals surface area contributed by atoms with Crippen LogP contribution in [0.15, 0.2) is 30.5 Å². The first-order valence-corrected chi connectivity index (χ1v) is 17.8. The van der Waals surface area contributed by atoms with Crippen molar-refractivity contribution in [3.05, 3.63) is 46.9 Å². The van der Waals surface area contributed by atoms with Crippen LogP contribution >= 0.6 is 11.6 Å². The predicted molar refractivity (Wildman–Crippen MR) is 183 cm³/mol. The Morgan fingerprint density at radius 1 is 1.18 bits per heavy atom. The molecule has 1 aromatic carbocycles. The van der Waals surface area contributed by atoms with E-state index in [1.807, 2.05) is 30.0 Å². The highest BCUT2D eigenvalue weighted by molar-refractivity contribution is 6.32. The van der Waals surface area contributed by atoms with E-state index in [0.29, 0.717) is 60.3 Å². The third-order valence-corrected chi connectivity index (χ3v) is 11.7. The predicted octanol–water partition coefficient (Wildman–Crippen LogP) is 5.32. The fourth-order valence-corrected chi connectivity index (χ4v) is 8.65. The smallest absolute Gasteiger partial charge is 0.319 e. The van der Waals surface area contributed by atoms with Crippen LogP contribution in [0.4, 0.5) is 14.6 Å². The average molecular weight is 694 g/mol. The van der Waals surface area contributed by atoms with E-state index in [9.17, 15) is 14.3 Å². The van der Waals surface area contributed by atoms with Crippen molar-refractivity contribution < 1.29 is 23.4 Å². The molecular formula is C36H42ClF2N7O3. The first-order valence-electron chi connectivity index (χ1n) is 17.4. The Hall–Kier alpha value is -3.61. The van der Waals surface area contributed by atoms with Crippen LogP contribution in [0.1, 0.15) is 56.4 Å². The largest absolute Gasteiger partial charge is 0.508 e. The number of anilines is 1. The number of phenolic OH excluding ortho intramolecular Hbond substituents is 1. The molecule has 13 heteroatoms. The van der Waals surface area contributed by atoms with Gasteiger partial charge in [-0.05, 0) is 75.7 Å². The molecule has 1 amide bonds. The second-order valence-corrected chi connectivity index (χ2v) is 15.0. The maximum atomic E-state index is 16.8. The van der Waals surface area contributed by atoms with Gasteiger partial charge in [0.1, 0.15) is 35.6 Å². The molecule has 0 unspecified atom stereocenters. The number of aromatic nitrogens is 3. The van der Waals surface area contributed by atoms with Gasteiger partial charge in [0.05, 0.1) is 10.9 Å². The van der Waals surface area contributed by atoms with Gasteiger partial charge in [0.25, 0.3) is 0 Å². The lowest BCUT2D eigenvalue weighted by Gasteiger charge is -2.35. The number of hydrogen-bond acceptors (Lipinski definition) is 9. The number of nitrogens with zero attached hydrogens (tertiary/aromatic N) is 7. The van der Waals surface area contributed by atoms with Gasteiger partial charge in [0, 0.05) is 74.6 Å². The lowest BCUT2D eigenvalue weighted by molar-refractivity contribution is -0.125. The number of phenols is 1. The molecule has 4 atom stereocenters. The number of likely N-dealkylation sites (tertiary alicyclic amines) is 2. The molecule has 0 bridgehead atoms. The fourth-order valence-electron chi connectivity index (χ4n) is 8.29. The van der Waals surface area contributed by atoms with E-state index >= 15 is 4.39 Å². The van der Waals surface area contributed by atoms with Gasteiger partial charge in [-0.3, -0.25) is 19.6 Å². The summed E-state index contributed by atoms with van der Waals surface area (Å²) in [5, 5.41) is 11.2. The third kappa shape index (κ3) is 5.99. The summed E-state index contributed by atoms with van der Waals surface area (Å²) < 4.78 is 37.6. The number of rotatable bonds is 9. The highest BCUT2D eigenvalue weighted by Gasteiger charge is 2.49. The van der Waals surface area contributed by atoms with Crippen LogP contribution in [0.5, 0.6) is 11.8 Å². The molecule has 8 rings (SSSR count). The molecule has 1 N–H and O–H groups in total. The molecule has 49 heavy (non-hydrogen) atoms. The van der Waals surface area contributed by atoms with E-state index in [2.05, 4.69) is 19.8 Å². The molecule has 1 aliphatic carbocycles. The Morgan fingerprint density at radius 3 is 2.78 bits per heavy atom. The van der Waals surface area contributed by atoms with Crippen LogP contribution in [0.25, 0.3) is 22.2 Å². The lowest BCUT2D eigenvalue weighted by atomic mass is 9.95. The van der Waals surface area contributed by atoms with Gasteiger partial charge >= 0.3 is 6.01 Å². The van der Waals surface area contributed by atoms with Crippen LogP contribution in [-0.4, -0.2) is 118 Å². The first kappa shape index (κ1) is 32.6. The summed E-state index contributed by atoms with van der Waals surface area (Å²) in [6.45, 7) is 3.52. The van der Waals surface area contributed by atoms with Gasteiger partial charge < -0.3 is 19.6 Å². The van der Waals surface area contributed by atoms with E-state index in [-0.39, 0.29) is 47.4 Å². The number of carbonyl (C=O) groups is 1. The van der Waals surface area contributed by atoms with E-state index in [1.165, 1.54) is 12.1 Å². The SMILES string of the molecule is CN1CC[C@H]1/C=C/C(=O)N1CC[C@@H](N(C)c2nc(OC[C@@]34CCCN3C[C@@H](F)C4)nc3c(F)c(-c4cc(O)cc(Cl)c4C4CC4)ncc23)C1. The quantitative estimate of drug-likeness (QED) is 0.299. The number of likely N-dealkylation sites (N-methyl/N-ethyl adjacent to an activating group) is 2. The fraction of sp³-hybridized carbons (Fsp3) is 0.556. The second-order valence-electron chi connectivity index (χ2n) is 14.6. The van der Waals surface area contributed by atoms with Crippen molar-refractivity contribution in [1.82, 2.24) is 29.7 Å². The van der Waals surface area contributed by atoms with Crippen LogP contribution in [0, 0.1) is 5.82 Å². The van der Waals surface area contributed by atoms with Gasteiger partial charge in [-0.25, -0.2) is 8.78 Å². The summed E-state index contributed by atoms with van der Waals surface area (Å²) in [6.07, 6.45) is 10.1. The number of ether oxygens (including phenoxy) is 1. The Morgan fingerprint density at radius 2 is 2.02 bits per heavy atom. The van der Waals surface area contributed by atoms with Crippen LogP contribution in [-0.2, 0) is 4.79 Å². The highest BCUT2D eigenvalue weighted by atomic mass is 35.5. The van der Waals surface area contributed by atoms with Crippen molar-refractivity contribution in [2.75, 3.05) is 58.3 Å². The summed E-state index contributed by atoms with van der Waals surface area (Å²) >= 11 is 6.57. The molecule has 10 nitrogen and oxygen atoms in total. The number of carbonyl (C=O) groups excluding carboxylic acids is 1. The average Bonchev–Trinajstić information content (AvgIpc) is 3.49. The zero-order valence-corrected chi connectivity index (χ0v) is 28.7. The topological polar surface area (TPSA) is 98.2 Å². The second kappa shape index (κ2) is 12.6. The van der Waals surface area contributed by atoms with Gasteiger partial charge in [0.2, 0.25) is 5.91 Å². The molecule has 6 heterocycles. The summed E-state index contributed by atoms with van der Waals surface area (Å²) in [6, 6.07) is 3.20. The van der Waals surface area contributed by atoms with Gasteiger partial charge in [0.15, 0.2) is 5.82 Å². The minimum absolute atomic E-state index is 0.00349. The monoisotopic (exact) mass is 693 g/mol. The molecule has 2 aromatic heterocycles. The van der Waals surface area contributed by atoms with Crippen molar-refractivity contribution in [2.24, 2.45) is 0 Å². The van der Waals surface area contributed by atoms with Crippen molar-refractivity contribution in [3.8, 4) is 23.0 Å². The van der Waals surface area contributed by atoms with Gasteiger partial charge in [-0.15, -0.1) is 0 Å². The van der Waals surface area contributed by atoms with E-state index < -0.39 is 17.5 Å². The summed E-state index contributed by atoms with van der Waals surface area (Å²) in [4.78, 5) is 35.2. The van der Waals surface area contributed by atoms with E-state index in [0.717, 1.165) is 50.8 Å². The Bertz CT molecular complexity index is 1830. The van der Waals surface area contributed by atoms with Gasteiger partial charge in [-0.2, -0.15) is 9.97 Å². The molecule has 0 spiro atoms. The van der Waals surface area contributed by atoms with E-state index in [4.69, 9.17) is 21.3 Å². The summed E-state index contributed by atoms with van der Waals surface area (Å²) in [5.74, 6) is -0.151. The van der Waals surface area contributed by atoms with Crippen LogP contribution in [0.3, 0.4) is 0 Å². The molecule has 4 aliphatic heterocycles. The minimum atomic E-state index is -0.915. The molecule has 5 aliphatic rings. The number of alkyl halides is 1. The minimum Gasteiger partial charge on any atom is -0.508 e. The summed E-state index contributed by atoms with van der Waals surface area (Å²) in [7, 11) is 3.94. The number of pyridine rings is 1. The number of fused-ring (bicyclic) bond motifs is 2. The van der Waals surface area contributed by atoms with Crippen molar-refractivity contribution >= 4 is 34.2 Å². The number of amides is 1. The normalized spacial score (nSPS) is 27.3. The molecule has 5 fully saturated rings. The third-order valence-electron chi connectivity index (χ3n) is 11.4. The van der Waals surface area contributed by atoms with Crippen molar-refractivity contribution in [1.29, 1.82) is 0 Å². The number of aromatic hydroxyl groups is 1. The standard InChI is InChI=1S/C36H42ClF2N7O3/c1-43-12-8-23(43)6-7-29(48)45-13-9-24(19-45)44(2)34-27-17-40-32(26-14-25(47)15-28(37)30(26)21-4-5-21)31(39)33(27)41-35(42-34)49-20-36-10-3-11-46(36)18-22(38)16-36/h6-7,14-15,17,21-24,47H,3-5,8-13,16,18-20H2,1-2H3/b7-6+/t22-,23+,24+,36-/m0/s1. The van der Waals surface area contributed by atoms with E-state index in [1.54, 1.807) is 12.3 Å². The Balaban J connectivity index is 1.14. The molecule has 260 valence electrons. The van der Waals surface area contributed by atoms with Crippen LogP contribution in [0.2, 0.25) is 5.02 Å². The molecule has 4 saturated heterocycles. The Kier molecular flexibility index (Phi) is 8.39. The first-order chi connectivity index (χ1) is 23.6. The maximum Gasteiger partial charge on any atom is 0.319 e. The zero-order chi connectivity index (χ0) is 34.0. The van der Waals surface area contributed by atoms with Gasteiger partial charge in [-0.1, -0.05) is 17.7 Å². The Labute approximate surface area is 289 Å². The zero-order valence-electron chi connectivity index (χ0n) is 27.9. The highest BCUT2D eigenvalue weighted by Crippen LogP contribution is 2.49. The van der Waals surface area contributed by atoms with Crippen LogP contribution < -0.4 is 9.64 Å².